The van der Waals surface area contributed by atoms with Gasteiger partial charge in [-0.25, -0.2) is 0 Å². The van der Waals surface area contributed by atoms with E-state index in [1.165, 1.54) is 71.4 Å². The fourth-order valence-electron chi connectivity index (χ4n) is 10.8. The Kier molecular flexibility index (Phi) is 4.75. The number of hydrogen-bond donors (Lipinski definition) is 0. The van der Waals surface area contributed by atoms with Gasteiger partial charge in [0, 0.05) is 0 Å². The zero-order valence-corrected chi connectivity index (χ0v) is 28.3. The molecule has 0 amide bonds. The Labute approximate surface area is 285 Å². The third kappa shape index (κ3) is 2.65. The molecular weight excluding hydrogens is 703 g/mol. The van der Waals surface area contributed by atoms with Crippen molar-refractivity contribution in [3.63, 3.8) is 0 Å². The molecule has 4 fully saturated rings. The van der Waals surface area contributed by atoms with E-state index in [-0.39, 0.29) is 6.71 Å². The zero-order chi connectivity index (χ0) is 30.7. The Morgan fingerprint density at radius 3 is 2.06 bits per heavy atom. The van der Waals surface area contributed by atoms with Gasteiger partial charge in [-0.3, -0.25) is 0 Å². The maximum absolute atomic E-state index is 14.4. The van der Waals surface area contributed by atoms with E-state index in [4.69, 9.17) is 2.92 Å². The molecule has 2 bridgehead atoms. The summed E-state index contributed by atoms with van der Waals surface area (Å²) in [5, 5.41) is 3.96. The van der Waals surface area contributed by atoms with E-state index < -0.39 is 33.4 Å². The van der Waals surface area contributed by atoms with Crippen LogP contribution in [0.4, 0.5) is 2.86 Å². The van der Waals surface area contributed by atoms with Crippen LogP contribution in [0.5, 0.6) is 0 Å². The molecule has 6 aromatic carbocycles. The predicted molar refractivity (Wildman–Crippen MR) is 211 cm³/mol. The molecule has 2 radical (unpaired) electrons. The van der Waals surface area contributed by atoms with Gasteiger partial charge in [-0.15, -0.1) is 0 Å². The van der Waals surface area contributed by atoms with Crippen LogP contribution in [0.25, 0.3) is 27.5 Å². The number of para-hydroxylation sites is 2. The number of rotatable bonds is 4. The van der Waals surface area contributed by atoms with Gasteiger partial charge in [0.25, 0.3) is 0 Å². The minimum atomic E-state index is -2.48. The summed E-state index contributed by atoms with van der Waals surface area (Å²) in [6.45, 7) is 0.0644. The van der Waals surface area contributed by atoms with Crippen LogP contribution in [-0.2, 0) is 5.41 Å². The summed E-state index contributed by atoms with van der Waals surface area (Å²) in [6.07, 6.45) is -0.778. The molecule has 13 rings (SSSR count). The first kappa shape index (κ1) is 26.3. The van der Waals surface area contributed by atoms with E-state index >= 15 is 0 Å². The molecule has 2 nitrogen and oxygen atoms in total. The summed E-state index contributed by atoms with van der Waals surface area (Å²) in [5.74, 6) is 0. The van der Waals surface area contributed by atoms with Crippen molar-refractivity contribution in [2.75, 3.05) is 0 Å². The van der Waals surface area contributed by atoms with Gasteiger partial charge < -0.3 is 0 Å². The number of halogens is 2. The van der Waals surface area contributed by atoms with Crippen molar-refractivity contribution >= 4 is 104 Å². The average molecular weight is 727 g/mol. The van der Waals surface area contributed by atoms with Gasteiger partial charge in [0.15, 0.2) is 0 Å². The Hall–Kier alpha value is -3.67. The number of fused-ring (bicyclic) bond motifs is 7. The van der Waals surface area contributed by atoms with Crippen molar-refractivity contribution in [2.24, 2.45) is 2.92 Å². The summed E-state index contributed by atoms with van der Waals surface area (Å²) < 4.78 is 21.9. The fourth-order valence-corrected chi connectivity index (χ4v) is 22.3. The number of hydrogen-bond acceptors (Lipinski definition) is 1. The van der Waals surface area contributed by atoms with Crippen molar-refractivity contribution in [1.29, 1.82) is 0 Å². The Morgan fingerprint density at radius 2 is 1.36 bits per heavy atom. The number of benzene rings is 6. The molecule has 0 atom stereocenters. The third-order valence-electron chi connectivity index (χ3n) is 12.8. The van der Waals surface area contributed by atoms with Gasteiger partial charge in [0.1, 0.15) is 0 Å². The molecule has 4 saturated heterocycles. The summed E-state index contributed by atoms with van der Waals surface area (Å²) in [7, 11) is 2.47. The predicted octanol–water partition coefficient (Wildman–Crippen LogP) is 6.31. The van der Waals surface area contributed by atoms with Crippen LogP contribution >= 0.6 is 28.0 Å². The van der Waals surface area contributed by atoms with Gasteiger partial charge >= 0.3 is 287 Å². The molecule has 7 aromatic rings. The van der Waals surface area contributed by atoms with Crippen molar-refractivity contribution in [1.82, 2.24) is 4.57 Å². The Morgan fingerprint density at radius 1 is 0.681 bits per heavy atom. The van der Waals surface area contributed by atoms with Crippen LogP contribution in [-0.4, -0.2) is 37.0 Å². The molecule has 0 N–H and O–H groups in total. The zero-order valence-electron chi connectivity index (χ0n) is 25.3. The van der Waals surface area contributed by atoms with Crippen LogP contribution in [0.15, 0.2) is 142 Å². The SMILES string of the molecule is FI=NP12(c3ccc4c(c3)B3c5c(cccc5C4(c4ccccc4)c4ccccc4)-n4c5ccccc5c5cccc3c54)B3[B-]B1B32. The minimum absolute atomic E-state index is 0.0644. The molecule has 10 heteroatoms. The molecule has 1 aromatic heterocycles. The van der Waals surface area contributed by atoms with Crippen LogP contribution in [0.3, 0.4) is 0 Å². The fraction of sp³-hybridized carbons (Fsp3) is 0.0270. The van der Waals surface area contributed by atoms with Crippen LogP contribution in [0.1, 0.15) is 22.3 Å². The second-order valence-corrected chi connectivity index (χ2v) is 20.8. The Balaban J connectivity index is 1.28. The molecular formula is C37H23B5FIN2P-. The molecule has 47 heavy (non-hydrogen) atoms. The Bertz CT molecular complexity index is 2530. The second kappa shape index (κ2) is 8.48. The number of nitrogens with zero attached hydrogens (tertiary/aromatic N) is 2. The van der Waals surface area contributed by atoms with E-state index in [0.717, 1.165) is 0 Å². The first-order valence-electron chi connectivity index (χ1n) is 16.5. The van der Waals surface area contributed by atoms with Crippen molar-refractivity contribution in [3.05, 3.63) is 162 Å². The standard InChI is InChI=1S/C37H23B5FIN2P/c43-44-45-47(40-38-41(47)42(40)47)26-21-22-29-32(23-26)39-31-18-9-16-28-27-15-7-8-19-33(27)46(36(28)31)34-20-10-17-30(35(34)39)37(29,24-11-3-1-4-12-24)25-13-5-2-6-14-25/h1-23H/q-1. The molecule has 0 spiro atoms. The van der Waals surface area contributed by atoms with Gasteiger partial charge in [0.05, 0.1) is 0 Å². The summed E-state index contributed by atoms with van der Waals surface area (Å²) in [6, 6.07) is 52.3. The molecule has 7 heterocycles. The third-order valence-corrected chi connectivity index (χ3v) is 22.6. The first-order chi connectivity index (χ1) is 23.2. The summed E-state index contributed by atoms with van der Waals surface area (Å²) >= 11 is -1.62. The van der Waals surface area contributed by atoms with Crippen LogP contribution < -0.4 is 21.7 Å². The molecule has 6 aliphatic rings. The van der Waals surface area contributed by atoms with Gasteiger partial charge in [-0.05, 0) is 0 Å². The monoisotopic (exact) mass is 727 g/mol. The topological polar surface area (TPSA) is 17.3 Å². The van der Waals surface area contributed by atoms with Crippen molar-refractivity contribution in [2.45, 2.75) is 5.41 Å². The molecule has 0 aliphatic carbocycles. The first-order valence-corrected chi connectivity index (χ1v) is 20.7. The summed E-state index contributed by atoms with van der Waals surface area (Å²) in [5.41, 5.74) is 12.6. The van der Waals surface area contributed by atoms with E-state index in [9.17, 15) is 2.86 Å². The van der Waals surface area contributed by atoms with E-state index in [1.54, 1.807) is 0 Å². The van der Waals surface area contributed by atoms with E-state index in [2.05, 4.69) is 151 Å². The summed E-state index contributed by atoms with van der Waals surface area (Å²) in [4.78, 5) is 0. The normalized spacial score (nSPS) is 20.1. The quantitative estimate of drug-likeness (QED) is 0.115. The van der Waals surface area contributed by atoms with E-state index in [0.29, 0.717) is 18.6 Å². The van der Waals surface area contributed by atoms with E-state index in [1.807, 2.05) is 0 Å². The second-order valence-electron chi connectivity index (χ2n) is 14.1. The average Bonchev–Trinajstić information content (AvgIpc) is 3.72. The van der Waals surface area contributed by atoms with Gasteiger partial charge in [-0.1, -0.05) is 0 Å². The van der Waals surface area contributed by atoms with Crippen LogP contribution in [0.2, 0.25) is 0 Å². The molecule has 0 saturated carbocycles. The molecule has 0 unspecified atom stereocenters. The van der Waals surface area contributed by atoms with Crippen molar-refractivity contribution < 1.29 is 2.86 Å². The number of aromatic nitrogens is 1. The van der Waals surface area contributed by atoms with Crippen LogP contribution in [0, 0.1) is 0 Å². The van der Waals surface area contributed by atoms with Gasteiger partial charge in [0.2, 0.25) is 0 Å². The molecule has 6 aliphatic heterocycles. The maximum atomic E-state index is 14.4. The van der Waals surface area contributed by atoms with Crippen molar-refractivity contribution in [3.8, 4) is 5.69 Å². The molecule has 216 valence electrons. The van der Waals surface area contributed by atoms with Gasteiger partial charge in [-0.2, -0.15) is 0 Å².